The smallest absolute Gasteiger partial charge is 0.220 e. The minimum Gasteiger partial charge on any atom is -0.354 e. The summed E-state index contributed by atoms with van der Waals surface area (Å²) in [5.74, 6) is 0.155. The summed E-state index contributed by atoms with van der Waals surface area (Å²) in [5, 5.41) is 3.07. The Bertz CT molecular complexity index is 294. The first-order valence-corrected chi connectivity index (χ1v) is 7.46. The number of hydrogen-bond acceptors (Lipinski definition) is 3. The second-order valence-electron chi connectivity index (χ2n) is 6.93. The highest BCUT2D eigenvalue weighted by atomic mass is 16.1. The summed E-state index contributed by atoms with van der Waals surface area (Å²) in [6.45, 7) is 5.58. The molecule has 0 unspecified atom stereocenters. The molecular formula is C15H31N3O. The lowest BCUT2D eigenvalue weighted by molar-refractivity contribution is -0.124. The Morgan fingerprint density at radius 2 is 1.84 bits per heavy atom. The number of amides is 1. The van der Waals surface area contributed by atoms with Gasteiger partial charge in [0, 0.05) is 18.5 Å². The molecule has 112 valence electrons. The molecular weight excluding hydrogens is 238 g/mol. The van der Waals surface area contributed by atoms with Gasteiger partial charge in [0.25, 0.3) is 0 Å². The maximum Gasteiger partial charge on any atom is 0.220 e. The average molecular weight is 269 g/mol. The molecule has 0 aliphatic heterocycles. The van der Waals surface area contributed by atoms with E-state index < -0.39 is 0 Å². The molecule has 0 aromatic heterocycles. The normalized spacial score (nSPS) is 19.5. The van der Waals surface area contributed by atoms with Gasteiger partial charge in [0.1, 0.15) is 0 Å². The molecule has 1 rings (SSSR count). The van der Waals surface area contributed by atoms with Crippen LogP contribution in [0.4, 0.5) is 0 Å². The van der Waals surface area contributed by atoms with E-state index in [0.29, 0.717) is 19.5 Å². The van der Waals surface area contributed by atoms with Crippen molar-refractivity contribution in [2.45, 2.75) is 57.9 Å². The Labute approximate surface area is 118 Å². The molecule has 0 bridgehead atoms. The minimum absolute atomic E-state index is 0.0158. The van der Waals surface area contributed by atoms with Crippen LogP contribution in [0.3, 0.4) is 0 Å². The van der Waals surface area contributed by atoms with E-state index in [2.05, 4.69) is 24.1 Å². The van der Waals surface area contributed by atoms with Crippen LogP contribution in [0.5, 0.6) is 0 Å². The molecule has 0 aromatic rings. The van der Waals surface area contributed by atoms with Crippen molar-refractivity contribution in [2.24, 2.45) is 11.1 Å². The van der Waals surface area contributed by atoms with Gasteiger partial charge in [-0.15, -0.1) is 0 Å². The number of nitrogens with zero attached hydrogens (tertiary/aromatic N) is 1. The first kappa shape index (κ1) is 16.4. The molecule has 0 radical (unpaired) electrons. The monoisotopic (exact) mass is 269 g/mol. The van der Waals surface area contributed by atoms with Gasteiger partial charge in [0.15, 0.2) is 0 Å². The van der Waals surface area contributed by atoms with E-state index in [-0.39, 0.29) is 16.9 Å². The van der Waals surface area contributed by atoms with Crippen molar-refractivity contribution in [1.82, 2.24) is 10.2 Å². The third-order valence-electron chi connectivity index (χ3n) is 4.81. The topological polar surface area (TPSA) is 58.4 Å². The Balaban J connectivity index is 2.46. The Morgan fingerprint density at radius 3 is 2.32 bits per heavy atom. The highest BCUT2D eigenvalue weighted by Crippen LogP contribution is 2.38. The molecule has 1 aliphatic rings. The molecule has 1 aliphatic carbocycles. The van der Waals surface area contributed by atoms with Crippen molar-refractivity contribution >= 4 is 5.91 Å². The molecule has 0 aromatic carbocycles. The molecule has 1 fully saturated rings. The Hall–Kier alpha value is -0.610. The van der Waals surface area contributed by atoms with Crippen molar-refractivity contribution < 1.29 is 4.79 Å². The van der Waals surface area contributed by atoms with E-state index in [4.69, 9.17) is 5.73 Å². The lowest BCUT2D eigenvalue weighted by Gasteiger charge is -2.37. The number of likely N-dealkylation sites (N-methyl/N-ethyl adjacent to an activating group) is 1. The molecule has 0 heterocycles. The third kappa shape index (κ3) is 4.77. The molecule has 0 spiro atoms. The van der Waals surface area contributed by atoms with Crippen LogP contribution < -0.4 is 11.1 Å². The SMILES string of the molecule is CN(C)C(C)(C)CNC(=O)CC1(CN)CCCCC1. The molecule has 0 saturated heterocycles. The summed E-state index contributed by atoms with van der Waals surface area (Å²) >= 11 is 0. The first-order valence-electron chi connectivity index (χ1n) is 7.46. The summed E-state index contributed by atoms with van der Waals surface area (Å²) in [4.78, 5) is 14.3. The van der Waals surface area contributed by atoms with E-state index >= 15 is 0 Å². The average Bonchev–Trinajstić information content (AvgIpc) is 2.37. The van der Waals surface area contributed by atoms with Crippen LogP contribution in [0.15, 0.2) is 0 Å². The van der Waals surface area contributed by atoms with Crippen molar-refractivity contribution in [2.75, 3.05) is 27.2 Å². The zero-order valence-electron chi connectivity index (χ0n) is 13.1. The van der Waals surface area contributed by atoms with Crippen molar-refractivity contribution in [3.8, 4) is 0 Å². The first-order chi connectivity index (χ1) is 8.81. The molecule has 4 heteroatoms. The fraction of sp³-hybridized carbons (Fsp3) is 0.933. The van der Waals surface area contributed by atoms with Crippen LogP contribution in [-0.4, -0.2) is 43.5 Å². The van der Waals surface area contributed by atoms with Crippen LogP contribution in [0, 0.1) is 5.41 Å². The quantitative estimate of drug-likeness (QED) is 0.772. The van der Waals surface area contributed by atoms with Crippen LogP contribution in [-0.2, 0) is 4.79 Å². The lowest BCUT2D eigenvalue weighted by atomic mass is 9.71. The van der Waals surface area contributed by atoms with Crippen molar-refractivity contribution in [3.05, 3.63) is 0 Å². The van der Waals surface area contributed by atoms with Crippen LogP contribution in [0.1, 0.15) is 52.4 Å². The van der Waals surface area contributed by atoms with Crippen molar-refractivity contribution in [3.63, 3.8) is 0 Å². The van der Waals surface area contributed by atoms with E-state index in [9.17, 15) is 4.79 Å². The minimum atomic E-state index is -0.0158. The van der Waals surface area contributed by atoms with Crippen LogP contribution in [0.2, 0.25) is 0 Å². The summed E-state index contributed by atoms with van der Waals surface area (Å²) in [6.07, 6.45) is 6.52. The fourth-order valence-corrected chi connectivity index (χ4v) is 2.63. The van der Waals surface area contributed by atoms with Gasteiger partial charge < -0.3 is 16.0 Å². The zero-order valence-corrected chi connectivity index (χ0v) is 13.1. The second-order valence-corrected chi connectivity index (χ2v) is 6.93. The van der Waals surface area contributed by atoms with Crippen LogP contribution in [0.25, 0.3) is 0 Å². The molecule has 4 nitrogen and oxygen atoms in total. The Morgan fingerprint density at radius 1 is 1.26 bits per heavy atom. The van der Waals surface area contributed by atoms with E-state index in [1.165, 1.54) is 19.3 Å². The summed E-state index contributed by atoms with van der Waals surface area (Å²) in [6, 6.07) is 0. The van der Waals surface area contributed by atoms with Crippen LogP contribution >= 0.6 is 0 Å². The maximum absolute atomic E-state index is 12.2. The molecule has 1 amide bonds. The van der Waals surface area contributed by atoms with E-state index in [1.807, 2.05) is 14.1 Å². The standard InChI is InChI=1S/C15H31N3O/c1-14(2,18(3)4)12-17-13(19)10-15(11-16)8-6-5-7-9-15/h5-12,16H2,1-4H3,(H,17,19). The number of carbonyl (C=O) groups is 1. The molecule has 0 atom stereocenters. The van der Waals surface area contributed by atoms with Gasteiger partial charge in [-0.1, -0.05) is 19.3 Å². The lowest BCUT2D eigenvalue weighted by Crippen LogP contribution is -2.49. The highest BCUT2D eigenvalue weighted by Gasteiger charge is 2.33. The number of nitrogens with two attached hydrogens (primary N) is 1. The van der Waals surface area contributed by atoms with Gasteiger partial charge in [0.05, 0.1) is 0 Å². The van der Waals surface area contributed by atoms with Gasteiger partial charge in [-0.2, -0.15) is 0 Å². The largest absolute Gasteiger partial charge is 0.354 e. The number of hydrogen-bond donors (Lipinski definition) is 2. The highest BCUT2D eigenvalue weighted by molar-refractivity contribution is 5.76. The van der Waals surface area contributed by atoms with Gasteiger partial charge in [-0.3, -0.25) is 4.79 Å². The predicted molar refractivity (Wildman–Crippen MR) is 80.0 cm³/mol. The summed E-state index contributed by atoms with van der Waals surface area (Å²) in [7, 11) is 4.07. The third-order valence-corrected chi connectivity index (χ3v) is 4.81. The van der Waals surface area contributed by atoms with Gasteiger partial charge in [-0.05, 0) is 52.7 Å². The number of carbonyl (C=O) groups excluding carboxylic acids is 1. The van der Waals surface area contributed by atoms with Gasteiger partial charge in [0.2, 0.25) is 5.91 Å². The Kier molecular flexibility index (Phi) is 5.81. The second kappa shape index (κ2) is 6.71. The molecule has 19 heavy (non-hydrogen) atoms. The molecule has 1 saturated carbocycles. The summed E-state index contributed by atoms with van der Waals surface area (Å²) in [5.41, 5.74) is 5.97. The van der Waals surface area contributed by atoms with E-state index in [0.717, 1.165) is 12.8 Å². The fourth-order valence-electron chi connectivity index (χ4n) is 2.63. The van der Waals surface area contributed by atoms with Gasteiger partial charge >= 0.3 is 0 Å². The van der Waals surface area contributed by atoms with E-state index in [1.54, 1.807) is 0 Å². The predicted octanol–water partition coefficient (Wildman–Crippen LogP) is 1.74. The van der Waals surface area contributed by atoms with Crippen molar-refractivity contribution in [1.29, 1.82) is 0 Å². The zero-order chi connectivity index (χ0) is 14.5. The summed E-state index contributed by atoms with van der Waals surface area (Å²) < 4.78 is 0. The number of rotatable bonds is 6. The number of nitrogens with one attached hydrogen (secondary N) is 1. The van der Waals surface area contributed by atoms with Gasteiger partial charge in [-0.25, -0.2) is 0 Å². The maximum atomic E-state index is 12.2. The molecule has 3 N–H and O–H groups in total.